The molecule has 0 radical (unpaired) electrons. The van der Waals surface area contributed by atoms with E-state index in [0.717, 1.165) is 11.1 Å². The number of benzene rings is 2. The van der Waals surface area contributed by atoms with Crippen LogP contribution in [-0.4, -0.2) is 42.7 Å². The lowest BCUT2D eigenvalue weighted by Gasteiger charge is -2.29. The third-order valence-electron chi connectivity index (χ3n) is 4.27. The molecule has 1 aliphatic heterocycles. The molecule has 3 rings (SSSR count). The number of ether oxygens (including phenoxy) is 1. The summed E-state index contributed by atoms with van der Waals surface area (Å²) in [7, 11) is 0. The monoisotopic (exact) mass is 354 g/mol. The van der Waals surface area contributed by atoms with Gasteiger partial charge in [-0.3, -0.25) is 14.5 Å². The zero-order valence-electron chi connectivity index (χ0n) is 14.6. The standard InChI is InChI=1S/C20H22N2O4/c1-14-7-8-18-17(9-14)22(20(25)13-26-18)11-19(24)21-16(12-23)10-15-5-3-2-4-6-15/h2-9,16,23H,10-13H2,1H3,(H,21,24). The van der Waals surface area contributed by atoms with E-state index >= 15 is 0 Å². The van der Waals surface area contributed by atoms with Gasteiger partial charge in [-0.05, 0) is 36.6 Å². The molecule has 0 saturated heterocycles. The highest BCUT2D eigenvalue weighted by atomic mass is 16.5. The number of rotatable bonds is 6. The van der Waals surface area contributed by atoms with Crippen LogP contribution in [0.3, 0.4) is 0 Å². The topological polar surface area (TPSA) is 78.9 Å². The number of aliphatic hydroxyl groups is 1. The number of anilines is 1. The summed E-state index contributed by atoms with van der Waals surface area (Å²) in [5.41, 5.74) is 2.60. The smallest absolute Gasteiger partial charge is 0.265 e. The Morgan fingerprint density at radius 2 is 2.04 bits per heavy atom. The molecule has 1 atom stereocenters. The molecular formula is C20H22N2O4. The molecule has 2 N–H and O–H groups in total. The van der Waals surface area contributed by atoms with Crippen molar-refractivity contribution in [2.24, 2.45) is 0 Å². The molecule has 26 heavy (non-hydrogen) atoms. The van der Waals surface area contributed by atoms with Crippen molar-refractivity contribution in [3.63, 3.8) is 0 Å². The van der Waals surface area contributed by atoms with E-state index in [1.807, 2.05) is 49.4 Å². The number of nitrogens with one attached hydrogen (secondary N) is 1. The number of amides is 2. The molecule has 0 aromatic heterocycles. The van der Waals surface area contributed by atoms with Gasteiger partial charge in [0, 0.05) is 0 Å². The van der Waals surface area contributed by atoms with E-state index in [4.69, 9.17) is 4.74 Å². The van der Waals surface area contributed by atoms with E-state index in [2.05, 4.69) is 5.32 Å². The Morgan fingerprint density at radius 3 is 2.77 bits per heavy atom. The third-order valence-corrected chi connectivity index (χ3v) is 4.27. The second-order valence-electron chi connectivity index (χ2n) is 6.38. The maximum atomic E-state index is 12.5. The highest BCUT2D eigenvalue weighted by Gasteiger charge is 2.28. The predicted molar refractivity (Wildman–Crippen MR) is 98.2 cm³/mol. The molecule has 1 unspecified atom stereocenters. The molecule has 136 valence electrons. The Morgan fingerprint density at radius 1 is 1.27 bits per heavy atom. The minimum absolute atomic E-state index is 0.0865. The van der Waals surface area contributed by atoms with Crippen LogP contribution in [0.2, 0.25) is 0 Å². The van der Waals surface area contributed by atoms with Gasteiger partial charge in [0.25, 0.3) is 5.91 Å². The van der Waals surface area contributed by atoms with E-state index in [0.29, 0.717) is 17.9 Å². The Bertz CT molecular complexity index is 792. The summed E-state index contributed by atoms with van der Waals surface area (Å²) < 4.78 is 5.42. The van der Waals surface area contributed by atoms with E-state index in [1.54, 1.807) is 6.07 Å². The van der Waals surface area contributed by atoms with E-state index in [-0.39, 0.29) is 31.6 Å². The molecule has 6 nitrogen and oxygen atoms in total. The van der Waals surface area contributed by atoms with Gasteiger partial charge < -0.3 is 15.2 Å². The lowest BCUT2D eigenvalue weighted by Crippen LogP contribution is -2.48. The van der Waals surface area contributed by atoms with Crippen molar-refractivity contribution in [3.8, 4) is 5.75 Å². The van der Waals surface area contributed by atoms with Crippen LogP contribution in [0.25, 0.3) is 0 Å². The predicted octanol–water partition coefficient (Wildman–Crippen LogP) is 1.44. The minimum atomic E-state index is -0.405. The van der Waals surface area contributed by atoms with E-state index in [1.165, 1.54) is 4.90 Å². The third kappa shape index (κ3) is 4.21. The minimum Gasteiger partial charge on any atom is -0.482 e. The van der Waals surface area contributed by atoms with Crippen molar-refractivity contribution >= 4 is 17.5 Å². The highest BCUT2D eigenvalue weighted by molar-refractivity contribution is 6.02. The van der Waals surface area contributed by atoms with Crippen molar-refractivity contribution in [2.45, 2.75) is 19.4 Å². The molecule has 1 heterocycles. The number of nitrogens with zero attached hydrogens (tertiary/aromatic N) is 1. The molecule has 0 spiro atoms. The number of carbonyl (C=O) groups excluding carboxylic acids is 2. The first-order chi connectivity index (χ1) is 12.6. The second-order valence-corrected chi connectivity index (χ2v) is 6.38. The van der Waals surface area contributed by atoms with Crippen LogP contribution in [-0.2, 0) is 16.0 Å². The van der Waals surface area contributed by atoms with Crippen LogP contribution in [0.4, 0.5) is 5.69 Å². The summed E-state index contributed by atoms with van der Waals surface area (Å²) in [6.07, 6.45) is 0.524. The summed E-state index contributed by atoms with van der Waals surface area (Å²) >= 11 is 0. The average Bonchev–Trinajstić information content (AvgIpc) is 2.64. The summed E-state index contributed by atoms with van der Waals surface area (Å²) in [6, 6.07) is 14.8. The lowest BCUT2D eigenvalue weighted by atomic mass is 10.1. The van der Waals surface area contributed by atoms with Gasteiger partial charge in [0.1, 0.15) is 12.3 Å². The molecule has 0 saturated carbocycles. The van der Waals surface area contributed by atoms with Crippen LogP contribution in [0.15, 0.2) is 48.5 Å². The maximum Gasteiger partial charge on any atom is 0.265 e. The molecule has 2 aromatic rings. The molecule has 0 fully saturated rings. The quantitative estimate of drug-likeness (QED) is 0.823. The largest absolute Gasteiger partial charge is 0.482 e. The second kappa shape index (κ2) is 8.01. The fraction of sp³-hybridized carbons (Fsp3) is 0.300. The molecule has 2 amide bonds. The number of carbonyl (C=O) groups is 2. The van der Waals surface area contributed by atoms with Crippen molar-refractivity contribution in [3.05, 3.63) is 59.7 Å². The Balaban J connectivity index is 1.67. The molecule has 2 aromatic carbocycles. The zero-order chi connectivity index (χ0) is 18.5. The summed E-state index contributed by atoms with van der Waals surface area (Å²) in [5, 5.41) is 12.4. The van der Waals surface area contributed by atoms with Gasteiger partial charge in [-0.2, -0.15) is 0 Å². The Hall–Kier alpha value is -2.86. The zero-order valence-corrected chi connectivity index (χ0v) is 14.6. The molecule has 1 aliphatic rings. The van der Waals surface area contributed by atoms with Crippen LogP contribution in [0, 0.1) is 6.92 Å². The first-order valence-electron chi connectivity index (χ1n) is 8.55. The van der Waals surface area contributed by atoms with Crippen molar-refractivity contribution in [1.29, 1.82) is 0 Å². The van der Waals surface area contributed by atoms with Gasteiger partial charge in [0.2, 0.25) is 5.91 Å². The number of fused-ring (bicyclic) bond motifs is 1. The summed E-state index contributed by atoms with van der Waals surface area (Å²) in [6.45, 7) is 1.55. The highest BCUT2D eigenvalue weighted by Crippen LogP contribution is 2.32. The summed E-state index contributed by atoms with van der Waals surface area (Å²) in [5.74, 6) is 0.00976. The SMILES string of the molecule is Cc1ccc2c(c1)N(CC(=O)NC(CO)Cc1ccccc1)C(=O)CO2. The molecule has 0 bridgehead atoms. The van der Waals surface area contributed by atoms with E-state index < -0.39 is 6.04 Å². The molecular weight excluding hydrogens is 332 g/mol. The fourth-order valence-electron chi connectivity index (χ4n) is 2.96. The van der Waals surface area contributed by atoms with Crippen LogP contribution >= 0.6 is 0 Å². The van der Waals surface area contributed by atoms with Crippen molar-refractivity contribution in [1.82, 2.24) is 5.32 Å². The Kier molecular flexibility index (Phi) is 5.53. The number of hydrogen-bond acceptors (Lipinski definition) is 4. The van der Waals surface area contributed by atoms with Gasteiger partial charge in [-0.1, -0.05) is 36.4 Å². The number of hydrogen-bond donors (Lipinski definition) is 2. The number of aryl methyl sites for hydroxylation is 1. The lowest BCUT2D eigenvalue weighted by molar-refractivity contribution is -0.125. The number of aliphatic hydroxyl groups excluding tert-OH is 1. The van der Waals surface area contributed by atoms with Crippen LogP contribution in [0.1, 0.15) is 11.1 Å². The van der Waals surface area contributed by atoms with Gasteiger partial charge in [-0.15, -0.1) is 0 Å². The fourth-order valence-corrected chi connectivity index (χ4v) is 2.96. The first kappa shape index (κ1) is 17.9. The van der Waals surface area contributed by atoms with Crippen LogP contribution in [0.5, 0.6) is 5.75 Å². The van der Waals surface area contributed by atoms with Gasteiger partial charge >= 0.3 is 0 Å². The van der Waals surface area contributed by atoms with Gasteiger partial charge in [0.15, 0.2) is 6.61 Å². The van der Waals surface area contributed by atoms with Crippen molar-refractivity contribution in [2.75, 3.05) is 24.7 Å². The maximum absolute atomic E-state index is 12.5. The van der Waals surface area contributed by atoms with E-state index in [9.17, 15) is 14.7 Å². The molecule has 6 heteroatoms. The van der Waals surface area contributed by atoms with Crippen LogP contribution < -0.4 is 15.0 Å². The van der Waals surface area contributed by atoms with Gasteiger partial charge in [0.05, 0.1) is 18.3 Å². The summed E-state index contributed by atoms with van der Waals surface area (Å²) in [4.78, 5) is 26.1. The first-order valence-corrected chi connectivity index (χ1v) is 8.55. The van der Waals surface area contributed by atoms with Gasteiger partial charge in [-0.25, -0.2) is 0 Å². The average molecular weight is 354 g/mol. The molecule has 0 aliphatic carbocycles. The van der Waals surface area contributed by atoms with Crippen molar-refractivity contribution < 1.29 is 19.4 Å². The normalized spacial score (nSPS) is 14.4. The Labute approximate surface area is 152 Å².